The number of nitrogens with zero attached hydrogens (tertiary/aromatic N) is 1. The third-order valence-corrected chi connectivity index (χ3v) is 3.92. The van der Waals surface area contributed by atoms with E-state index in [1.165, 1.54) is 19.1 Å². The Balaban J connectivity index is 2.60. The molecule has 19 heavy (non-hydrogen) atoms. The van der Waals surface area contributed by atoms with Crippen LogP contribution in [0.5, 0.6) is 0 Å². The highest BCUT2D eigenvalue weighted by molar-refractivity contribution is 9.10. The molecular formula is C12H7BrFNO3S. The molecule has 0 aliphatic carbocycles. The number of thiazole rings is 1. The number of hydrogen-bond donors (Lipinski definition) is 1. The Kier molecular flexibility index (Phi) is 3.77. The average molecular weight is 344 g/mol. The molecule has 0 saturated heterocycles. The summed E-state index contributed by atoms with van der Waals surface area (Å²) in [6.07, 6.45) is 0. The van der Waals surface area contributed by atoms with E-state index in [2.05, 4.69) is 20.9 Å². The largest absolute Gasteiger partial charge is 0.476 e. The summed E-state index contributed by atoms with van der Waals surface area (Å²) in [7, 11) is 0. The molecular weight excluding hydrogens is 337 g/mol. The Bertz CT molecular complexity index is 632. The van der Waals surface area contributed by atoms with Crippen molar-refractivity contribution in [2.45, 2.75) is 6.92 Å². The minimum Gasteiger partial charge on any atom is -0.476 e. The van der Waals surface area contributed by atoms with Crippen molar-refractivity contribution >= 4 is 39.0 Å². The lowest BCUT2D eigenvalue weighted by molar-refractivity contribution is 0.0687. The molecule has 0 amide bonds. The van der Waals surface area contributed by atoms with E-state index in [-0.39, 0.29) is 16.4 Å². The van der Waals surface area contributed by atoms with Crippen molar-refractivity contribution in [2.24, 2.45) is 0 Å². The number of carbonyl (C=O) groups excluding carboxylic acids is 1. The van der Waals surface area contributed by atoms with Crippen molar-refractivity contribution in [1.29, 1.82) is 0 Å². The van der Waals surface area contributed by atoms with Crippen LogP contribution in [0.3, 0.4) is 0 Å². The number of carbonyl (C=O) groups is 2. The standard InChI is InChI=1S/C12H7BrFNO3S/c1-5(16)10-9(12(17)18)15-11(19-10)6-2-7(13)4-8(14)3-6/h2-4H,1H3,(H,17,18). The van der Waals surface area contributed by atoms with Crippen LogP contribution in [-0.2, 0) is 0 Å². The smallest absolute Gasteiger partial charge is 0.356 e. The highest BCUT2D eigenvalue weighted by atomic mass is 79.9. The summed E-state index contributed by atoms with van der Waals surface area (Å²) in [5.41, 5.74) is 0.125. The number of aromatic carboxylic acids is 1. The number of carboxylic acids is 1. The fraction of sp³-hybridized carbons (Fsp3) is 0.0833. The first-order chi connectivity index (χ1) is 8.88. The zero-order valence-electron chi connectivity index (χ0n) is 9.61. The first kappa shape index (κ1) is 13.8. The Labute approximate surface area is 120 Å². The summed E-state index contributed by atoms with van der Waals surface area (Å²) in [4.78, 5) is 26.3. The number of ketones is 1. The fourth-order valence-electron chi connectivity index (χ4n) is 1.50. The Hall–Kier alpha value is -1.60. The van der Waals surface area contributed by atoms with Crippen molar-refractivity contribution in [3.63, 3.8) is 0 Å². The van der Waals surface area contributed by atoms with E-state index in [9.17, 15) is 14.0 Å². The number of halogens is 2. The number of carboxylic acid groups (broad SMARTS) is 1. The summed E-state index contributed by atoms with van der Waals surface area (Å²) >= 11 is 4.08. The van der Waals surface area contributed by atoms with Gasteiger partial charge in [0.15, 0.2) is 11.5 Å². The van der Waals surface area contributed by atoms with E-state index < -0.39 is 11.8 Å². The molecule has 0 unspecified atom stereocenters. The minimum atomic E-state index is -1.27. The minimum absolute atomic E-state index is 0.0582. The zero-order valence-corrected chi connectivity index (χ0v) is 12.0. The van der Waals surface area contributed by atoms with Gasteiger partial charge in [0.1, 0.15) is 15.7 Å². The predicted molar refractivity (Wildman–Crippen MR) is 72.2 cm³/mol. The second-order valence-corrected chi connectivity index (χ2v) is 5.63. The van der Waals surface area contributed by atoms with E-state index in [0.29, 0.717) is 15.0 Å². The summed E-state index contributed by atoms with van der Waals surface area (Å²) in [5, 5.41) is 9.29. The van der Waals surface area contributed by atoms with E-state index in [1.807, 2.05) is 0 Å². The van der Waals surface area contributed by atoms with Crippen molar-refractivity contribution in [2.75, 3.05) is 0 Å². The summed E-state index contributed by atoms with van der Waals surface area (Å²) in [6.45, 7) is 1.27. The molecule has 1 heterocycles. The van der Waals surface area contributed by atoms with Crippen LogP contribution in [0.2, 0.25) is 0 Å². The van der Waals surface area contributed by atoms with Gasteiger partial charge in [0.2, 0.25) is 0 Å². The topological polar surface area (TPSA) is 67.3 Å². The molecule has 1 N–H and O–H groups in total. The van der Waals surface area contributed by atoms with Crippen molar-refractivity contribution in [3.8, 4) is 10.6 Å². The maximum atomic E-state index is 13.3. The van der Waals surface area contributed by atoms with Gasteiger partial charge in [-0.3, -0.25) is 4.79 Å². The average Bonchev–Trinajstić information content (AvgIpc) is 2.72. The molecule has 2 rings (SSSR count). The lowest BCUT2D eigenvalue weighted by Crippen LogP contribution is -2.03. The summed E-state index contributed by atoms with van der Waals surface area (Å²) in [5.74, 6) is -2.12. The SMILES string of the molecule is CC(=O)c1sc(-c2cc(F)cc(Br)c2)nc1C(=O)O. The molecule has 0 fully saturated rings. The molecule has 98 valence electrons. The molecule has 0 radical (unpaired) electrons. The van der Waals surface area contributed by atoms with Crippen LogP contribution in [0.1, 0.15) is 27.1 Å². The van der Waals surface area contributed by atoms with Gasteiger partial charge >= 0.3 is 5.97 Å². The molecule has 0 aliphatic heterocycles. The van der Waals surface area contributed by atoms with Crippen LogP contribution >= 0.6 is 27.3 Å². The van der Waals surface area contributed by atoms with Gasteiger partial charge in [-0.15, -0.1) is 11.3 Å². The Morgan fingerprint density at radius 3 is 2.53 bits per heavy atom. The van der Waals surface area contributed by atoms with Gasteiger partial charge < -0.3 is 5.11 Å². The third kappa shape index (κ3) is 2.87. The van der Waals surface area contributed by atoms with E-state index >= 15 is 0 Å². The van der Waals surface area contributed by atoms with Crippen LogP contribution < -0.4 is 0 Å². The van der Waals surface area contributed by atoms with Crippen LogP contribution in [0.15, 0.2) is 22.7 Å². The molecule has 0 atom stereocenters. The molecule has 0 aliphatic rings. The second-order valence-electron chi connectivity index (χ2n) is 3.72. The highest BCUT2D eigenvalue weighted by Gasteiger charge is 2.21. The number of Topliss-reactive ketones (excluding diaryl/α,β-unsaturated/α-hetero) is 1. The Morgan fingerprint density at radius 2 is 2.05 bits per heavy atom. The molecule has 0 bridgehead atoms. The zero-order chi connectivity index (χ0) is 14.2. The lowest BCUT2D eigenvalue weighted by atomic mass is 10.2. The second kappa shape index (κ2) is 5.18. The van der Waals surface area contributed by atoms with Crippen LogP contribution in [0, 0.1) is 5.82 Å². The van der Waals surface area contributed by atoms with E-state index in [0.717, 1.165) is 11.3 Å². The molecule has 7 heteroatoms. The summed E-state index contributed by atoms with van der Waals surface area (Å²) in [6, 6.07) is 4.12. The Morgan fingerprint density at radius 1 is 1.37 bits per heavy atom. The molecule has 4 nitrogen and oxygen atoms in total. The van der Waals surface area contributed by atoms with Crippen molar-refractivity contribution in [3.05, 3.63) is 39.1 Å². The number of hydrogen-bond acceptors (Lipinski definition) is 4. The van der Waals surface area contributed by atoms with Crippen LogP contribution in [0.4, 0.5) is 4.39 Å². The van der Waals surface area contributed by atoms with Crippen molar-refractivity contribution < 1.29 is 19.1 Å². The molecule has 2 aromatic rings. The number of rotatable bonds is 3. The van der Waals surface area contributed by atoms with E-state index in [4.69, 9.17) is 5.11 Å². The normalized spacial score (nSPS) is 10.5. The molecule has 1 aromatic carbocycles. The molecule has 0 spiro atoms. The molecule has 0 saturated carbocycles. The quantitative estimate of drug-likeness (QED) is 0.864. The van der Waals surface area contributed by atoms with Gasteiger partial charge in [0.05, 0.1) is 0 Å². The third-order valence-electron chi connectivity index (χ3n) is 2.26. The van der Waals surface area contributed by atoms with Gasteiger partial charge in [0, 0.05) is 17.0 Å². The number of benzene rings is 1. The number of aromatic nitrogens is 1. The van der Waals surface area contributed by atoms with Gasteiger partial charge in [-0.1, -0.05) is 15.9 Å². The first-order valence-electron chi connectivity index (χ1n) is 5.10. The van der Waals surface area contributed by atoms with E-state index in [1.54, 1.807) is 6.07 Å². The van der Waals surface area contributed by atoms with Crippen LogP contribution in [0.25, 0.3) is 10.6 Å². The monoisotopic (exact) mass is 343 g/mol. The summed E-state index contributed by atoms with van der Waals surface area (Å²) < 4.78 is 13.8. The van der Waals surface area contributed by atoms with Gasteiger partial charge in [-0.05, 0) is 18.2 Å². The van der Waals surface area contributed by atoms with Crippen molar-refractivity contribution in [1.82, 2.24) is 4.98 Å². The maximum absolute atomic E-state index is 13.3. The predicted octanol–water partition coefficient (Wildman–Crippen LogP) is 3.61. The van der Waals surface area contributed by atoms with Gasteiger partial charge in [-0.25, -0.2) is 14.2 Å². The van der Waals surface area contributed by atoms with Gasteiger partial charge in [0.25, 0.3) is 0 Å². The first-order valence-corrected chi connectivity index (χ1v) is 6.71. The maximum Gasteiger partial charge on any atom is 0.356 e. The lowest BCUT2D eigenvalue weighted by Gasteiger charge is -1.97. The van der Waals surface area contributed by atoms with Crippen LogP contribution in [-0.4, -0.2) is 21.8 Å². The highest BCUT2D eigenvalue weighted by Crippen LogP contribution is 2.31. The van der Waals surface area contributed by atoms with Gasteiger partial charge in [-0.2, -0.15) is 0 Å². The fourth-order valence-corrected chi connectivity index (χ4v) is 2.91. The molecule has 1 aromatic heterocycles.